The third kappa shape index (κ3) is 6.77. The molecule has 0 fully saturated rings. The van der Waals surface area contributed by atoms with E-state index in [-0.39, 0.29) is 11.6 Å². The molecular weight excluding hydrogens is 318 g/mol. The van der Waals surface area contributed by atoms with Gasteiger partial charge in [0.1, 0.15) is 11.7 Å². The highest BCUT2D eigenvalue weighted by molar-refractivity contribution is 7.14. The van der Waals surface area contributed by atoms with Crippen LogP contribution in [0, 0.1) is 0 Å². The summed E-state index contributed by atoms with van der Waals surface area (Å²) in [5.41, 5.74) is 0.114. The number of amides is 2. The fraction of sp³-hybridized carbons (Fsp3) is 0.600. The molecule has 0 saturated carbocycles. The van der Waals surface area contributed by atoms with E-state index in [1.807, 2.05) is 13.8 Å². The topological polar surface area (TPSA) is 108 Å². The largest absolute Gasteiger partial charge is 0.480 e. The van der Waals surface area contributed by atoms with E-state index in [2.05, 4.69) is 15.6 Å². The van der Waals surface area contributed by atoms with Crippen molar-refractivity contribution in [2.45, 2.75) is 58.4 Å². The summed E-state index contributed by atoms with van der Waals surface area (Å²) < 4.78 is 0. The Balaban J connectivity index is 2.59. The molecule has 0 aliphatic carbocycles. The number of carboxylic acid groups (broad SMARTS) is 1. The number of carbonyl (C=O) groups excluding carboxylic acids is 2. The van der Waals surface area contributed by atoms with Crippen molar-refractivity contribution in [2.24, 2.45) is 0 Å². The van der Waals surface area contributed by atoms with Crippen molar-refractivity contribution in [3.8, 4) is 0 Å². The number of hydrogen-bond donors (Lipinski definition) is 3. The predicted octanol–water partition coefficient (Wildman–Crippen LogP) is 2.65. The summed E-state index contributed by atoms with van der Waals surface area (Å²) in [6, 6.07) is -0.924. The Labute approximate surface area is 139 Å². The quantitative estimate of drug-likeness (QED) is 0.606. The Bertz CT molecular complexity index is 545. The van der Waals surface area contributed by atoms with Crippen LogP contribution in [0.1, 0.15) is 62.9 Å². The summed E-state index contributed by atoms with van der Waals surface area (Å²) in [4.78, 5) is 38.8. The third-order valence-electron chi connectivity index (χ3n) is 3.19. The Morgan fingerprint density at radius 1 is 1.26 bits per heavy atom. The molecule has 2 amide bonds. The van der Waals surface area contributed by atoms with Crippen LogP contribution < -0.4 is 10.6 Å². The van der Waals surface area contributed by atoms with Gasteiger partial charge in [0.25, 0.3) is 5.91 Å². The second kappa shape index (κ2) is 9.94. The van der Waals surface area contributed by atoms with Crippen LogP contribution in [0.2, 0.25) is 0 Å². The van der Waals surface area contributed by atoms with Gasteiger partial charge < -0.3 is 15.7 Å². The van der Waals surface area contributed by atoms with E-state index in [1.54, 1.807) is 0 Å². The van der Waals surface area contributed by atoms with Crippen molar-refractivity contribution >= 4 is 34.3 Å². The lowest BCUT2D eigenvalue weighted by molar-refractivity contribution is -0.139. The Morgan fingerprint density at radius 2 is 1.96 bits per heavy atom. The molecule has 3 N–H and O–H groups in total. The molecule has 0 spiro atoms. The van der Waals surface area contributed by atoms with Crippen LogP contribution in [0.25, 0.3) is 0 Å². The second-order valence-corrected chi connectivity index (χ2v) is 6.05. The molecule has 1 atom stereocenters. The van der Waals surface area contributed by atoms with E-state index in [1.165, 1.54) is 5.38 Å². The SMILES string of the molecule is CCCCC(=O)Nc1nc(C(=O)NC(CCCC)C(=O)O)cs1. The average Bonchev–Trinajstić information content (AvgIpc) is 2.97. The molecule has 1 rings (SSSR count). The molecule has 1 unspecified atom stereocenters. The fourth-order valence-electron chi connectivity index (χ4n) is 1.85. The zero-order valence-electron chi connectivity index (χ0n) is 13.4. The fourth-order valence-corrected chi connectivity index (χ4v) is 2.56. The van der Waals surface area contributed by atoms with E-state index in [9.17, 15) is 14.4 Å². The lowest BCUT2D eigenvalue weighted by Gasteiger charge is -2.12. The first-order chi connectivity index (χ1) is 11.0. The van der Waals surface area contributed by atoms with Crippen molar-refractivity contribution in [2.75, 3.05) is 5.32 Å². The first-order valence-electron chi connectivity index (χ1n) is 7.77. The number of thiazole rings is 1. The molecule has 23 heavy (non-hydrogen) atoms. The minimum atomic E-state index is -1.06. The smallest absolute Gasteiger partial charge is 0.326 e. The first-order valence-corrected chi connectivity index (χ1v) is 8.64. The Hall–Kier alpha value is -1.96. The molecule has 0 radical (unpaired) electrons. The zero-order chi connectivity index (χ0) is 17.2. The molecule has 7 nitrogen and oxygen atoms in total. The lowest BCUT2D eigenvalue weighted by atomic mass is 10.1. The number of carboxylic acids is 1. The van der Waals surface area contributed by atoms with Gasteiger partial charge in [-0.2, -0.15) is 0 Å². The van der Waals surface area contributed by atoms with E-state index >= 15 is 0 Å². The van der Waals surface area contributed by atoms with Crippen molar-refractivity contribution in [3.05, 3.63) is 11.1 Å². The molecule has 1 heterocycles. The number of nitrogens with one attached hydrogen (secondary N) is 2. The maximum atomic E-state index is 12.1. The Morgan fingerprint density at radius 3 is 2.57 bits per heavy atom. The van der Waals surface area contributed by atoms with Crippen molar-refractivity contribution in [3.63, 3.8) is 0 Å². The van der Waals surface area contributed by atoms with E-state index < -0.39 is 17.9 Å². The van der Waals surface area contributed by atoms with Crippen LogP contribution in [-0.2, 0) is 9.59 Å². The zero-order valence-corrected chi connectivity index (χ0v) is 14.2. The van der Waals surface area contributed by atoms with E-state index in [4.69, 9.17) is 5.11 Å². The van der Waals surface area contributed by atoms with E-state index in [0.717, 1.165) is 30.6 Å². The van der Waals surface area contributed by atoms with Gasteiger partial charge in [0, 0.05) is 11.8 Å². The number of rotatable bonds is 10. The minimum Gasteiger partial charge on any atom is -0.480 e. The highest BCUT2D eigenvalue weighted by Gasteiger charge is 2.21. The highest BCUT2D eigenvalue weighted by atomic mass is 32.1. The molecular formula is C15H23N3O4S. The van der Waals surface area contributed by atoms with Crippen LogP contribution in [0.5, 0.6) is 0 Å². The summed E-state index contributed by atoms with van der Waals surface area (Å²) in [7, 11) is 0. The molecule has 0 aromatic carbocycles. The predicted molar refractivity (Wildman–Crippen MR) is 88.7 cm³/mol. The summed E-state index contributed by atoms with van der Waals surface area (Å²) in [5.74, 6) is -1.74. The van der Waals surface area contributed by atoms with Crippen molar-refractivity contribution in [1.82, 2.24) is 10.3 Å². The van der Waals surface area contributed by atoms with Gasteiger partial charge in [0.15, 0.2) is 5.13 Å². The van der Waals surface area contributed by atoms with Gasteiger partial charge >= 0.3 is 5.97 Å². The number of aromatic nitrogens is 1. The van der Waals surface area contributed by atoms with Crippen LogP contribution in [-0.4, -0.2) is 33.9 Å². The number of anilines is 1. The average molecular weight is 341 g/mol. The standard InChI is InChI=1S/C15H23N3O4S/c1-3-5-7-10(14(21)22)16-13(20)11-9-23-15(17-11)18-12(19)8-6-4-2/h9-10H,3-8H2,1-2H3,(H,16,20)(H,21,22)(H,17,18,19). The summed E-state index contributed by atoms with van der Waals surface area (Å²) in [5, 5.41) is 16.1. The van der Waals surface area contributed by atoms with Gasteiger partial charge in [-0.1, -0.05) is 33.1 Å². The molecule has 1 aromatic rings. The van der Waals surface area contributed by atoms with Gasteiger partial charge in [-0.3, -0.25) is 9.59 Å². The maximum Gasteiger partial charge on any atom is 0.326 e. The normalized spacial score (nSPS) is 11.7. The first kappa shape index (κ1) is 19.1. The van der Waals surface area contributed by atoms with Crippen LogP contribution in [0.15, 0.2) is 5.38 Å². The lowest BCUT2D eigenvalue weighted by Crippen LogP contribution is -2.40. The number of unbranched alkanes of at least 4 members (excludes halogenated alkanes) is 2. The number of hydrogen-bond acceptors (Lipinski definition) is 5. The number of nitrogens with zero attached hydrogens (tertiary/aromatic N) is 1. The van der Waals surface area contributed by atoms with Gasteiger partial charge in [-0.15, -0.1) is 11.3 Å². The van der Waals surface area contributed by atoms with Gasteiger partial charge in [0.2, 0.25) is 5.91 Å². The van der Waals surface area contributed by atoms with Crippen molar-refractivity contribution in [1.29, 1.82) is 0 Å². The summed E-state index contributed by atoms with van der Waals surface area (Å²) in [6.45, 7) is 3.95. The molecule has 8 heteroatoms. The molecule has 1 aromatic heterocycles. The molecule has 0 bridgehead atoms. The third-order valence-corrected chi connectivity index (χ3v) is 3.95. The number of aliphatic carboxylic acids is 1. The molecule has 0 saturated heterocycles. The van der Waals surface area contributed by atoms with Crippen molar-refractivity contribution < 1.29 is 19.5 Å². The number of carbonyl (C=O) groups is 3. The monoisotopic (exact) mass is 341 g/mol. The van der Waals surface area contributed by atoms with Gasteiger partial charge in [-0.05, 0) is 12.8 Å². The maximum absolute atomic E-state index is 12.1. The molecule has 0 aliphatic heterocycles. The van der Waals surface area contributed by atoms with Gasteiger partial charge in [0.05, 0.1) is 0 Å². The second-order valence-electron chi connectivity index (χ2n) is 5.20. The van der Waals surface area contributed by atoms with Crippen LogP contribution >= 0.6 is 11.3 Å². The van der Waals surface area contributed by atoms with Gasteiger partial charge in [-0.25, -0.2) is 9.78 Å². The minimum absolute atomic E-state index is 0.114. The summed E-state index contributed by atoms with van der Waals surface area (Å²) >= 11 is 1.14. The molecule has 0 aliphatic rings. The van der Waals surface area contributed by atoms with Crippen LogP contribution in [0.4, 0.5) is 5.13 Å². The van der Waals surface area contributed by atoms with E-state index in [0.29, 0.717) is 24.4 Å². The molecule has 128 valence electrons. The summed E-state index contributed by atoms with van der Waals surface area (Å²) in [6.07, 6.45) is 4.07. The van der Waals surface area contributed by atoms with Crippen LogP contribution in [0.3, 0.4) is 0 Å². The Kier molecular flexibility index (Phi) is 8.25. The highest BCUT2D eigenvalue weighted by Crippen LogP contribution is 2.16.